The number of alkyl halides is 1. The second-order valence-corrected chi connectivity index (χ2v) is 1.12. The first kappa shape index (κ1) is 3.61. The van der Waals surface area contributed by atoms with Gasteiger partial charge in [0.2, 0.25) is 0 Å². The molecule has 0 aromatic heterocycles. The summed E-state index contributed by atoms with van der Waals surface area (Å²) in [4.78, 5) is 0. The molecule has 2 nitrogen and oxygen atoms in total. The van der Waals surface area contributed by atoms with Gasteiger partial charge in [0.25, 0.3) is 0 Å². The van der Waals surface area contributed by atoms with E-state index in [0.717, 1.165) is 6.08 Å². The predicted octanol–water partition coefficient (Wildman–Crippen LogP) is 0.112. The molecule has 1 aliphatic rings. The van der Waals surface area contributed by atoms with Crippen molar-refractivity contribution in [2.75, 3.05) is 0 Å². The van der Waals surface area contributed by atoms with Gasteiger partial charge in [-0.3, -0.25) is 5.73 Å². The number of halogens is 1. The number of nitrogens with two attached hydrogens (primary N) is 1. The van der Waals surface area contributed by atoms with Crippen molar-refractivity contribution in [2.45, 2.75) is 5.98 Å². The molecule has 0 saturated heterocycles. The van der Waals surface area contributed by atoms with Crippen LogP contribution in [-0.2, 0) is 4.74 Å². The maximum absolute atomic E-state index is 11.7. The lowest BCUT2D eigenvalue weighted by Crippen LogP contribution is -2.38. The molecular weight excluding hydrogens is 85.0 g/mol. The first-order valence-corrected chi connectivity index (χ1v) is 1.54. The number of hydrogen-bond donors (Lipinski definition) is 1. The van der Waals surface area contributed by atoms with Crippen molar-refractivity contribution in [1.82, 2.24) is 0 Å². The van der Waals surface area contributed by atoms with Crippen molar-refractivity contribution in [3.05, 3.63) is 12.3 Å². The normalized spacial score (nSPS) is 41.0. The van der Waals surface area contributed by atoms with Gasteiger partial charge in [0.05, 0.1) is 6.26 Å². The molecule has 1 aliphatic heterocycles. The molecule has 0 radical (unpaired) electrons. The molecule has 0 amide bonds. The Kier molecular flexibility index (Phi) is 0.442. The van der Waals surface area contributed by atoms with Crippen LogP contribution in [0.2, 0.25) is 0 Å². The molecule has 0 aliphatic carbocycles. The van der Waals surface area contributed by atoms with Crippen LogP contribution in [0.25, 0.3) is 0 Å². The first-order valence-electron chi connectivity index (χ1n) is 1.54. The van der Waals surface area contributed by atoms with Crippen LogP contribution in [0.1, 0.15) is 0 Å². The van der Waals surface area contributed by atoms with Crippen LogP contribution in [0.4, 0.5) is 4.39 Å². The van der Waals surface area contributed by atoms with E-state index in [2.05, 4.69) is 10.5 Å². The zero-order valence-corrected chi connectivity index (χ0v) is 3.02. The smallest absolute Gasteiger partial charge is 0.328 e. The van der Waals surface area contributed by atoms with Crippen molar-refractivity contribution in [3.8, 4) is 0 Å². The lowest BCUT2D eigenvalue weighted by Gasteiger charge is -2.21. The van der Waals surface area contributed by atoms with Gasteiger partial charge in [-0.15, -0.1) is 0 Å². The van der Waals surface area contributed by atoms with Crippen LogP contribution in [0.5, 0.6) is 0 Å². The standard InChI is InChI=1S/C3H4FNO/c4-3(5)1-2-6-3/h1-2H,5H2. The first-order chi connectivity index (χ1) is 2.71. The van der Waals surface area contributed by atoms with Gasteiger partial charge in [0.15, 0.2) is 0 Å². The summed E-state index contributed by atoms with van der Waals surface area (Å²) in [6, 6.07) is 0. The third kappa shape index (κ3) is 0.367. The topological polar surface area (TPSA) is 35.2 Å². The third-order valence-corrected chi connectivity index (χ3v) is 0.544. The monoisotopic (exact) mass is 89.0 g/mol. The summed E-state index contributed by atoms with van der Waals surface area (Å²) in [5, 5.41) is 0. The van der Waals surface area contributed by atoms with Crippen molar-refractivity contribution < 1.29 is 9.13 Å². The van der Waals surface area contributed by atoms with Gasteiger partial charge in [-0.05, 0) is 0 Å². The average molecular weight is 89.1 g/mol. The van der Waals surface area contributed by atoms with Crippen LogP contribution in [-0.4, -0.2) is 5.98 Å². The van der Waals surface area contributed by atoms with Crippen molar-refractivity contribution in [1.29, 1.82) is 0 Å². The number of hydrogen-bond acceptors (Lipinski definition) is 2. The minimum Gasteiger partial charge on any atom is -0.450 e. The van der Waals surface area contributed by atoms with E-state index in [-0.39, 0.29) is 0 Å². The zero-order valence-electron chi connectivity index (χ0n) is 3.02. The molecule has 0 aromatic rings. The predicted molar refractivity (Wildman–Crippen MR) is 18.3 cm³/mol. The van der Waals surface area contributed by atoms with Crippen molar-refractivity contribution >= 4 is 0 Å². The fourth-order valence-corrected chi connectivity index (χ4v) is 0.198. The van der Waals surface area contributed by atoms with E-state index in [4.69, 9.17) is 0 Å². The molecule has 0 aromatic carbocycles. The molecule has 1 rings (SSSR count). The van der Waals surface area contributed by atoms with Crippen LogP contribution in [0.15, 0.2) is 12.3 Å². The summed E-state index contributed by atoms with van der Waals surface area (Å²) in [5.41, 5.74) is 4.65. The molecule has 1 atom stereocenters. The third-order valence-electron chi connectivity index (χ3n) is 0.544. The molecular formula is C3H4FNO. The van der Waals surface area contributed by atoms with E-state index in [9.17, 15) is 4.39 Å². The van der Waals surface area contributed by atoms with Crippen molar-refractivity contribution in [2.24, 2.45) is 5.73 Å². The Hall–Kier alpha value is -0.570. The fraction of sp³-hybridized carbons (Fsp3) is 0.333. The van der Waals surface area contributed by atoms with Gasteiger partial charge in [0, 0.05) is 6.08 Å². The lowest BCUT2D eigenvalue weighted by atomic mass is 10.4. The van der Waals surface area contributed by atoms with Crippen LogP contribution in [0, 0.1) is 0 Å². The molecule has 2 N–H and O–H groups in total. The Balaban J connectivity index is 2.57. The van der Waals surface area contributed by atoms with Gasteiger partial charge in [0.1, 0.15) is 0 Å². The molecule has 34 valence electrons. The van der Waals surface area contributed by atoms with Crippen molar-refractivity contribution in [3.63, 3.8) is 0 Å². The highest BCUT2D eigenvalue weighted by Crippen LogP contribution is 2.15. The molecule has 0 spiro atoms. The summed E-state index contributed by atoms with van der Waals surface area (Å²) < 4.78 is 15.7. The quantitative estimate of drug-likeness (QED) is 0.427. The highest BCUT2D eigenvalue weighted by molar-refractivity contribution is 4.97. The fourth-order valence-electron chi connectivity index (χ4n) is 0.198. The van der Waals surface area contributed by atoms with Crippen LogP contribution < -0.4 is 5.73 Å². The summed E-state index contributed by atoms with van der Waals surface area (Å²) >= 11 is 0. The summed E-state index contributed by atoms with van der Waals surface area (Å²) in [6.07, 6.45) is 2.34. The number of rotatable bonds is 0. The Bertz CT molecular complexity index is 88.8. The lowest BCUT2D eigenvalue weighted by molar-refractivity contribution is -0.0850. The highest BCUT2D eigenvalue weighted by atomic mass is 19.2. The van der Waals surface area contributed by atoms with Gasteiger partial charge >= 0.3 is 5.98 Å². The van der Waals surface area contributed by atoms with Crippen LogP contribution in [0.3, 0.4) is 0 Å². The summed E-state index contributed by atoms with van der Waals surface area (Å²) in [6.45, 7) is 0. The highest BCUT2D eigenvalue weighted by Gasteiger charge is 2.26. The molecule has 0 fully saturated rings. The minimum absolute atomic E-state index is 1.13. The SMILES string of the molecule is NC1(F)C=CO1. The van der Waals surface area contributed by atoms with E-state index >= 15 is 0 Å². The maximum Gasteiger partial charge on any atom is 0.328 e. The van der Waals surface area contributed by atoms with Gasteiger partial charge in [-0.1, -0.05) is 0 Å². The summed E-state index contributed by atoms with van der Waals surface area (Å²) in [5.74, 6) is -1.96. The Labute approximate surface area is 34.4 Å². The molecule has 3 heteroatoms. The number of ether oxygens (including phenoxy) is 1. The second-order valence-electron chi connectivity index (χ2n) is 1.12. The zero-order chi connectivity index (χ0) is 4.62. The maximum atomic E-state index is 11.7. The summed E-state index contributed by atoms with van der Waals surface area (Å²) in [7, 11) is 0. The largest absolute Gasteiger partial charge is 0.450 e. The molecule has 1 unspecified atom stereocenters. The van der Waals surface area contributed by atoms with E-state index in [0.29, 0.717) is 0 Å². The average Bonchev–Trinajstić information content (AvgIpc) is 1.32. The van der Waals surface area contributed by atoms with Gasteiger partial charge in [-0.2, -0.15) is 4.39 Å². The Morgan fingerprint density at radius 3 is 2.17 bits per heavy atom. The van der Waals surface area contributed by atoms with Gasteiger partial charge in [-0.25, -0.2) is 0 Å². The second kappa shape index (κ2) is 0.733. The van der Waals surface area contributed by atoms with Crippen LogP contribution >= 0.6 is 0 Å². The molecule has 0 saturated carbocycles. The van der Waals surface area contributed by atoms with E-state index in [1.807, 2.05) is 0 Å². The van der Waals surface area contributed by atoms with E-state index in [1.54, 1.807) is 0 Å². The Morgan fingerprint density at radius 1 is 1.83 bits per heavy atom. The minimum atomic E-state index is -1.96. The van der Waals surface area contributed by atoms with E-state index < -0.39 is 5.98 Å². The molecule has 1 heterocycles. The van der Waals surface area contributed by atoms with E-state index in [1.165, 1.54) is 6.26 Å². The Morgan fingerprint density at radius 2 is 2.17 bits per heavy atom. The van der Waals surface area contributed by atoms with Gasteiger partial charge < -0.3 is 4.74 Å². The molecule has 0 bridgehead atoms. The molecule has 6 heavy (non-hydrogen) atoms.